The van der Waals surface area contributed by atoms with Crippen molar-refractivity contribution in [3.8, 4) is 0 Å². The minimum atomic E-state index is -1.26. The van der Waals surface area contributed by atoms with Crippen LogP contribution in [-0.4, -0.2) is 101 Å². The van der Waals surface area contributed by atoms with Gasteiger partial charge in [0.1, 0.15) is 0 Å². The summed E-state index contributed by atoms with van der Waals surface area (Å²) < 4.78 is 0. The maximum atomic E-state index is 12.4. The molecule has 0 radical (unpaired) electrons. The summed E-state index contributed by atoms with van der Waals surface area (Å²) in [5.74, 6) is -1.89. The zero-order valence-electron chi connectivity index (χ0n) is 17.5. The van der Waals surface area contributed by atoms with Gasteiger partial charge in [0.2, 0.25) is 0 Å². The van der Waals surface area contributed by atoms with Crippen molar-refractivity contribution in [3.05, 3.63) is 41.7 Å². The summed E-state index contributed by atoms with van der Waals surface area (Å²) in [6.07, 6.45) is 4.97. The minimum Gasteiger partial charge on any atom is -0.478 e. The number of nitrogens with zero attached hydrogens (tertiary/aromatic N) is 4. The molecular weight excluding hydrogens is 388 g/mol. The molecule has 2 aliphatic heterocycles. The Balaban J connectivity index is 0.000000343. The Hall–Kier alpha value is -2.78. The largest absolute Gasteiger partial charge is 0.478 e. The van der Waals surface area contributed by atoms with Gasteiger partial charge in [-0.2, -0.15) is 0 Å². The van der Waals surface area contributed by atoms with Gasteiger partial charge in [-0.3, -0.25) is 9.78 Å². The van der Waals surface area contributed by atoms with Gasteiger partial charge in [-0.15, -0.1) is 0 Å². The summed E-state index contributed by atoms with van der Waals surface area (Å²) in [6.45, 7) is 6.60. The molecule has 1 unspecified atom stereocenters. The molecule has 0 saturated carbocycles. The molecule has 2 aliphatic rings. The van der Waals surface area contributed by atoms with Gasteiger partial charge in [-0.05, 0) is 44.5 Å². The van der Waals surface area contributed by atoms with Crippen LogP contribution in [0.4, 0.5) is 0 Å². The molecule has 9 heteroatoms. The van der Waals surface area contributed by atoms with Crippen molar-refractivity contribution < 1.29 is 24.6 Å². The summed E-state index contributed by atoms with van der Waals surface area (Å²) >= 11 is 0. The van der Waals surface area contributed by atoms with E-state index in [9.17, 15) is 14.4 Å². The van der Waals surface area contributed by atoms with Gasteiger partial charge in [0.25, 0.3) is 5.91 Å². The quantitative estimate of drug-likeness (QED) is 0.671. The van der Waals surface area contributed by atoms with Crippen molar-refractivity contribution in [1.29, 1.82) is 0 Å². The highest BCUT2D eigenvalue weighted by Crippen LogP contribution is 2.22. The lowest BCUT2D eigenvalue weighted by Gasteiger charge is -2.33. The van der Waals surface area contributed by atoms with Gasteiger partial charge in [0, 0.05) is 58.1 Å². The Labute approximate surface area is 176 Å². The first-order valence-electron chi connectivity index (χ1n) is 10.0. The molecule has 3 heterocycles. The van der Waals surface area contributed by atoms with E-state index in [1.807, 2.05) is 24.1 Å². The summed E-state index contributed by atoms with van der Waals surface area (Å²) in [6, 6.07) is 3.76. The average molecular weight is 418 g/mol. The first-order chi connectivity index (χ1) is 14.3. The Bertz CT molecular complexity index is 758. The Kier molecular flexibility index (Phi) is 8.94. The maximum Gasteiger partial charge on any atom is 0.328 e. The van der Waals surface area contributed by atoms with E-state index in [-0.39, 0.29) is 5.91 Å². The number of amides is 1. The lowest BCUT2D eigenvalue weighted by molar-refractivity contribution is -0.134. The summed E-state index contributed by atoms with van der Waals surface area (Å²) in [4.78, 5) is 42.7. The van der Waals surface area contributed by atoms with E-state index >= 15 is 0 Å². The number of likely N-dealkylation sites (N-methyl/N-ethyl adjacent to an activating group) is 1. The van der Waals surface area contributed by atoms with Crippen LogP contribution in [0.5, 0.6) is 0 Å². The van der Waals surface area contributed by atoms with Crippen LogP contribution in [0.25, 0.3) is 0 Å². The molecule has 1 aromatic heterocycles. The van der Waals surface area contributed by atoms with Gasteiger partial charge in [0.05, 0.1) is 11.3 Å². The zero-order chi connectivity index (χ0) is 22.1. The fraction of sp³-hybridized carbons (Fsp3) is 0.524. The molecular formula is C21H30N4O5. The number of pyridine rings is 1. The van der Waals surface area contributed by atoms with E-state index in [0.29, 0.717) is 18.1 Å². The van der Waals surface area contributed by atoms with Crippen molar-refractivity contribution in [2.45, 2.75) is 12.8 Å². The van der Waals surface area contributed by atoms with Crippen LogP contribution in [0.3, 0.4) is 0 Å². The fourth-order valence-electron chi connectivity index (χ4n) is 3.58. The van der Waals surface area contributed by atoms with Crippen LogP contribution in [0.1, 0.15) is 22.5 Å². The van der Waals surface area contributed by atoms with Crippen LogP contribution in [0.15, 0.2) is 30.5 Å². The summed E-state index contributed by atoms with van der Waals surface area (Å²) in [5, 5.41) is 15.6. The number of aromatic nitrogens is 1. The number of aliphatic carboxylic acids is 2. The lowest BCUT2D eigenvalue weighted by Crippen LogP contribution is -2.45. The van der Waals surface area contributed by atoms with E-state index in [2.05, 4.69) is 21.8 Å². The molecule has 1 saturated heterocycles. The van der Waals surface area contributed by atoms with Gasteiger partial charge in [-0.1, -0.05) is 0 Å². The van der Waals surface area contributed by atoms with E-state index in [1.165, 1.54) is 0 Å². The molecule has 1 atom stereocenters. The zero-order valence-corrected chi connectivity index (χ0v) is 17.5. The van der Waals surface area contributed by atoms with Gasteiger partial charge >= 0.3 is 11.9 Å². The van der Waals surface area contributed by atoms with Crippen molar-refractivity contribution in [1.82, 2.24) is 19.7 Å². The van der Waals surface area contributed by atoms with Gasteiger partial charge < -0.3 is 24.9 Å². The lowest BCUT2D eigenvalue weighted by atomic mass is 9.98. The molecule has 3 rings (SSSR count). The average Bonchev–Trinajstić information content (AvgIpc) is 2.83. The van der Waals surface area contributed by atoms with Crippen LogP contribution in [0, 0.1) is 5.92 Å². The number of carboxylic acids is 2. The smallest absolute Gasteiger partial charge is 0.328 e. The van der Waals surface area contributed by atoms with Crippen molar-refractivity contribution in [2.24, 2.45) is 5.92 Å². The molecule has 30 heavy (non-hydrogen) atoms. The first-order valence-corrected chi connectivity index (χ1v) is 10.0. The van der Waals surface area contributed by atoms with Crippen molar-refractivity contribution in [3.63, 3.8) is 0 Å². The maximum absolute atomic E-state index is 12.4. The van der Waals surface area contributed by atoms with Crippen LogP contribution >= 0.6 is 0 Å². The van der Waals surface area contributed by atoms with Gasteiger partial charge in [0.15, 0.2) is 0 Å². The molecule has 0 aromatic carbocycles. The predicted molar refractivity (Wildman–Crippen MR) is 111 cm³/mol. The minimum absolute atomic E-state index is 0.116. The molecule has 0 bridgehead atoms. The number of hydrogen-bond donors (Lipinski definition) is 2. The fourth-order valence-corrected chi connectivity index (χ4v) is 3.58. The molecule has 1 aromatic rings. The van der Waals surface area contributed by atoms with Crippen LogP contribution in [-0.2, 0) is 16.0 Å². The second-order valence-electron chi connectivity index (χ2n) is 7.70. The molecule has 2 N–H and O–H groups in total. The highest BCUT2D eigenvalue weighted by Gasteiger charge is 2.26. The number of carboxylic acid groups (broad SMARTS) is 2. The summed E-state index contributed by atoms with van der Waals surface area (Å²) in [5.41, 5.74) is 1.76. The van der Waals surface area contributed by atoms with Crippen LogP contribution < -0.4 is 0 Å². The third kappa shape index (κ3) is 7.57. The van der Waals surface area contributed by atoms with E-state index in [4.69, 9.17) is 10.2 Å². The number of piperazine rings is 1. The number of carbonyl (C=O) groups is 3. The SMILES string of the molecule is CN1CCN(CCC2Cc3ncccc3C(=O)N(C)C2)CC1.O=C(O)C=CC(=O)O. The number of carbonyl (C=O) groups excluding carboxylic acids is 1. The summed E-state index contributed by atoms with van der Waals surface area (Å²) in [7, 11) is 4.10. The number of rotatable bonds is 5. The Morgan fingerprint density at radius 1 is 1.13 bits per heavy atom. The molecule has 1 fully saturated rings. The number of fused-ring (bicyclic) bond motifs is 1. The van der Waals surface area contributed by atoms with E-state index in [1.54, 1.807) is 6.20 Å². The molecule has 1 amide bonds. The second-order valence-corrected chi connectivity index (χ2v) is 7.70. The topological polar surface area (TPSA) is 114 Å². The van der Waals surface area contributed by atoms with Crippen molar-refractivity contribution >= 4 is 17.8 Å². The van der Waals surface area contributed by atoms with E-state index in [0.717, 1.165) is 63.4 Å². The molecule has 0 aliphatic carbocycles. The molecule has 164 valence electrons. The van der Waals surface area contributed by atoms with E-state index < -0.39 is 11.9 Å². The third-order valence-electron chi connectivity index (χ3n) is 5.30. The monoisotopic (exact) mass is 418 g/mol. The normalized spacial score (nSPS) is 20.3. The van der Waals surface area contributed by atoms with Gasteiger partial charge in [-0.25, -0.2) is 9.59 Å². The molecule has 9 nitrogen and oxygen atoms in total. The predicted octanol–water partition coefficient (Wildman–Crippen LogP) is 0.675. The highest BCUT2D eigenvalue weighted by molar-refractivity contribution is 5.95. The van der Waals surface area contributed by atoms with Crippen LogP contribution in [0.2, 0.25) is 0 Å². The highest BCUT2D eigenvalue weighted by atomic mass is 16.4. The Morgan fingerprint density at radius 2 is 1.77 bits per heavy atom. The standard InChI is InChI=1S/C17H26N4O.C4H4O4/c1-19-8-10-21(11-9-19)7-5-14-12-16-15(4-3-6-18-16)17(22)20(2)13-14;5-3(6)1-2-4(7)8/h3-4,6,14H,5,7-13H2,1-2H3;1-2H,(H,5,6)(H,7,8). The molecule has 0 spiro atoms. The first kappa shape index (κ1) is 23.5. The second kappa shape index (κ2) is 11.4. The third-order valence-corrected chi connectivity index (χ3v) is 5.30. The van der Waals surface area contributed by atoms with Crippen molar-refractivity contribution in [2.75, 3.05) is 53.4 Å². The number of hydrogen-bond acceptors (Lipinski definition) is 6. The Morgan fingerprint density at radius 3 is 2.37 bits per heavy atom.